The van der Waals surface area contributed by atoms with Crippen molar-refractivity contribution in [1.29, 1.82) is 0 Å². The van der Waals surface area contributed by atoms with Crippen molar-refractivity contribution in [2.75, 3.05) is 6.54 Å². The van der Waals surface area contributed by atoms with Gasteiger partial charge in [0.1, 0.15) is 11.6 Å². The van der Waals surface area contributed by atoms with Crippen molar-refractivity contribution >= 4 is 11.7 Å². The van der Waals surface area contributed by atoms with Crippen LogP contribution in [0.25, 0.3) is 0 Å². The van der Waals surface area contributed by atoms with E-state index in [2.05, 4.69) is 5.32 Å². The van der Waals surface area contributed by atoms with Crippen molar-refractivity contribution in [1.82, 2.24) is 5.32 Å². The maximum atomic E-state index is 13.1. The topological polar surface area (TPSA) is 46.2 Å². The maximum Gasteiger partial charge on any atom is 0.224 e. The van der Waals surface area contributed by atoms with Crippen molar-refractivity contribution in [3.63, 3.8) is 0 Å². The molecule has 1 N–H and O–H groups in total. The highest BCUT2D eigenvalue weighted by atomic mass is 19.1. The van der Waals surface area contributed by atoms with E-state index in [-0.39, 0.29) is 24.7 Å². The van der Waals surface area contributed by atoms with Crippen molar-refractivity contribution in [3.05, 3.63) is 35.6 Å². The number of carbonyl (C=O) groups excluding carboxylic acids is 2. The summed E-state index contributed by atoms with van der Waals surface area (Å²) in [5, 5.41) is 2.40. The summed E-state index contributed by atoms with van der Waals surface area (Å²) < 4.78 is 13.1. The number of amides is 1. The average molecular weight is 209 g/mol. The fraction of sp³-hybridized carbons (Fsp3) is 0.273. The Kier molecular flexibility index (Phi) is 3.97. The van der Waals surface area contributed by atoms with Gasteiger partial charge in [-0.1, -0.05) is 18.2 Å². The maximum absolute atomic E-state index is 13.1. The van der Waals surface area contributed by atoms with Crippen molar-refractivity contribution < 1.29 is 14.0 Å². The summed E-state index contributed by atoms with van der Waals surface area (Å²) in [7, 11) is 0. The number of Topliss-reactive ketones (excluding diaryl/α,β-unsaturated/α-hetero) is 1. The van der Waals surface area contributed by atoms with Gasteiger partial charge in [-0.2, -0.15) is 0 Å². The Balaban J connectivity index is 2.52. The van der Waals surface area contributed by atoms with Gasteiger partial charge in [0, 0.05) is 0 Å². The Morgan fingerprint density at radius 1 is 1.33 bits per heavy atom. The lowest BCUT2D eigenvalue weighted by molar-refractivity contribution is -0.124. The van der Waals surface area contributed by atoms with Gasteiger partial charge in [-0.3, -0.25) is 9.59 Å². The van der Waals surface area contributed by atoms with Crippen LogP contribution in [0.2, 0.25) is 0 Å². The summed E-state index contributed by atoms with van der Waals surface area (Å²) in [5.41, 5.74) is 0.332. The van der Waals surface area contributed by atoms with Crippen LogP contribution in [-0.2, 0) is 16.0 Å². The number of hydrogen-bond donors (Lipinski definition) is 1. The molecular formula is C11H12FNO2. The van der Waals surface area contributed by atoms with Gasteiger partial charge in [0.05, 0.1) is 13.0 Å². The summed E-state index contributed by atoms with van der Waals surface area (Å²) in [5.74, 6) is -0.886. The van der Waals surface area contributed by atoms with E-state index < -0.39 is 5.82 Å². The Bertz CT molecular complexity index is 377. The Labute approximate surface area is 87.3 Å². The van der Waals surface area contributed by atoms with Gasteiger partial charge in [-0.05, 0) is 18.6 Å². The molecule has 1 rings (SSSR count). The zero-order valence-corrected chi connectivity index (χ0v) is 8.42. The van der Waals surface area contributed by atoms with Gasteiger partial charge in [0.25, 0.3) is 0 Å². The van der Waals surface area contributed by atoms with E-state index in [0.29, 0.717) is 5.56 Å². The summed E-state index contributed by atoms with van der Waals surface area (Å²) in [6, 6.07) is 6.07. The minimum absolute atomic E-state index is 0.00666. The zero-order chi connectivity index (χ0) is 11.3. The van der Waals surface area contributed by atoms with Gasteiger partial charge >= 0.3 is 0 Å². The fourth-order valence-corrected chi connectivity index (χ4v) is 1.10. The molecule has 1 amide bonds. The van der Waals surface area contributed by atoms with Gasteiger partial charge in [-0.25, -0.2) is 4.39 Å². The highest BCUT2D eigenvalue weighted by Crippen LogP contribution is 2.06. The lowest BCUT2D eigenvalue weighted by Gasteiger charge is -2.03. The van der Waals surface area contributed by atoms with E-state index in [1.54, 1.807) is 18.2 Å². The molecule has 0 fully saturated rings. The molecule has 0 aliphatic rings. The second-order valence-electron chi connectivity index (χ2n) is 3.25. The van der Waals surface area contributed by atoms with Crippen molar-refractivity contribution in [2.24, 2.45) is 0 Å². The number of hydrogen-bond acceptors (Lipinski definition) is 2. The third kappa shape index (κ3) is 3.89. The first-order valence-corrected chi connectivity index (χ1v) is 4.59. The first-order chi connectivity index (χ1) is 7.09. The van der Waals surface area contributed by atoms with Crippen LogP contribution in [0.1, 0.15) is 12.5 Å². The van der Waals surface area contributed by atoms with Gasteiger partial charge in [0.2, 0.25) is 5.91 Å². The minimum Gasteiger partial charge on any atom is -0.349 e. The second kappa shape index (κ2) is 5.24. The summed E-state index contributed by atoms with van der Waals surface area (Å²) in [6.45, 7) is 1.37. The number of nitrogens with one attached hydrogen (secondary N) is 1. The van der Waals surface area contributed by atoms with Crippen LogP contribution in [0.3, 0.4) is 0 Å². The molecule has 0 unspecified atom stereocenters. The van der Waals surface area contributed by atoms with Gasteiger partial charge in [0.15, 0.2) is 0 Å². The van der Waals surface area contributed by atoms with Crippen LogP contribution >= 0.6 is 0 Å². The highest BCUT2D eigenvalue weighted by molar-refractivity contribution is 5.85. The first kappa shape index (κ1) is 11.4. The summed E-state index contributed by atoms with van der Waals surface area (Å²) in [6.07, 6.45) is -0.0417. The molecule has 4 heteroatoms. The van der Waals surface area contributed by atoms with Crippen molar-refractivity contribution in [3.8, 4) is 0 Å². The predicted molar refractivity (Wildman–Crippen MR) is 53.8 cm³/mol. The van der Waals surface area contributed by atoms with Crippen molar-refractivity contribution in [2.45, 2.75) is 13.3 Å². The lowest BCUT2D eigenvalue weighted by atomic mass is 10.1. The first-order valence-electron chi connectivity index (χ1n) is 4.59. The highest BCUT2D eigenvalue weighted by Gasteiger charge is 2.07. The molecule has 0 atom stereocenters. The Hall–Kier alpha value is -1.71. The molecule has 15 heavy (non-hydrogen) atoms. The number of halogens is 1. The molecule has 1 aromatic carbocycles. The average Bonchev–Trinajstić information content (AvgIpc) is 2.18. The van der Waals surface area contributed by atoms with E-state index in [1.165, 1.54) is 13.0 Å². The molecule has 80 valence electrons. The van der Waals surface area contributed by atoms with E-state index in [0.717, 1.165) is 0 Å². The molecule has 1 aromatic rings. The molecular weight excluding hydrogens is 197 g/mol. The molecule has 0 saturated heterocycles. The van der Waals surface area contributed by atoms with Gasteiger partial charge in [-0.15, -0.1) is 0 Å². The van der Waals surface area contributed by atoms with Crippen LogP contribution in [0.4, 0.5) is 4.39 Å². The van der Waals surface area contributed by atoms with E-state index >= 15 is 0 Å². The molecule has 0 aliphatic heterocycles. The molecule has 0 spiro atoms. The van der Waals surface area contributed by atoms with E-state index in [1.807, 2.05) is 0 Å². The molecule has 0 saturated carbocycles. The minimum atomic E-state index is -0.407. The molecule has 0 heterocycles. The van der Waals surface area contributed by atoms with E-state index in [4.69, 9.17) is 0 Å². The van der Waals surface area contributed by atoms with Crippen LogP contribution in [-0.4, -0.2) is 18.2 Å². The Morgan fingerprint density at radius 2 is 2.00 bits per heavy atom. The molecule has 0 bridgehead atoms. The molecule has 3 nitrogen and oxygen atoms in total. The fourth-order valence-electron chi connectivity index (χ4n) is 1.10. The SMILES string of the molecule is CC(=O)CNC(=O)Cc1ccccc1F. The van der Waals surface area contributed by atoms with Crippen LogP contribution < -0.4 is 5.32 Å². The third-order valence-corrected chi connectivity index (χ3v) is 1.84. The zero-order valence-electron chi connectivity index (χ0n) is 8.42. The summed E-state index contributed by atoms with van der Waals surface area (Å²) in [4.78, 5) is 21.8. The molecule has 0 aliphatic carbocycles. The van der Waals surface area contributed by atoms with Crippen LogP contribution in [0, 0.1) is 5.82 Å². The van der Waals surface area contributed by atoms with Crippen LogP contribution in [0.5, 0.6) is 0 Å². The second-order valence-corrected chi connectivity index (χ2v) is 3.25. The molecule has 0 aromatic heterocycles. The lowest BCUT2D eigenvalue weighted by Crippen LogP contribution is -2.29. The number of carbonyl (C=O) groups is 2. The monoisotopic (exact) mass is 209 g/mol. The third-order valence-electron chi connectivity index (χ3n) is 1.84. The smallest absolute Gasteiger partial charge is 0.224 e. The van der Waals surface area contributed by atoms with Gasteiger partial charge < -0.3 is 5.32 Å². The number of rotatable bonds is 4. The largest absolute Gasteiger partial charge is 0.349 e. The number of ketones is 1. The quantitative estimate of drug-likeness (QED) is 0.806. The van der Waals surface area contributed by atoms with E-state index in [9.17, 15) is 14.0 Å². The standard InChI is InChI=1S/C11H12FNO2/c1-8(14)7-13-11(15)6-9-4-2-3-5-10(9)12/h2-5H,6-7H2,1H3,(H,13,15). The van der Waals surface area contributed by atoms with Crippen LogP contribution in [0.15, 0.2) is 24.3 Å². The summed E-state index contributed by atoms with van der Waals surface area (Å²) >= 11 is 0. The predicted octanol–water partition coefficient (Wildman–Crippen LogP) is 1.07. The normalized spacial score (nSPS) is 9.73. The Morgan fingerprint density at radius 3 is 2.60 bits per heavy atom. The number of benzene rings is 1. The molecule has 0 radical (unpaired) electrons.